The summed E-state index contributed by atoms with van der Waals surface area (Å²) in [5.74, 6) is 0. The van der Waals surface area contributed by atoms with Crippen molar-refractivity contribution < 1.29 is 0 Å². The maximum absolute atomic E-state index is 2.35. The molecule has 0 aromatic heterocycles. The summed E-state index contributed by atoms with van der Waals surface area (Å²) in [7, 11) is 0. The average Bonchev–Trinajstić information content (AvgIpc) is 2.63. The van der Waals surface area contributed by atoms with Gasteiger partial charge < -0.3 is 0 Å². The van der Waals surface area contributed by atoms with Gasteiger partial charge in [0.2, 0.25) is 0 Å². The molecule has 0 nitrogen and oxygen atoms in total. The molecule has 0 rings (SSSR count). The highest BCUT2D eigenvalue weighted by molar-refractivity contribution is 5.00. The van der Waals surface area contributed by atoms with Crippen molar-refractivity contribution in [2.45, 2.75) is 97.3 Å². The third kappa shape index (κ3) is 22.7. The molecule has 0 heterocycles. The van der Waals surface area contributed by atoms with Gasteiger partial charge in [-0.1, -0.05) is 113 Å². The van der Waals surface area contributed by atoms with Crippen molar-refractivity contribution in [2.24, 2.45) is 0 Å². The van der Waals surface area contributed by atoms with Gasteiger partial charge in [-0.25, -0.2) is 0 Å². The molecule has 0 amide bonds. The van der Waals surface area contributed by atoms with E-state index < -0.39 is 0 Å². The highest BCUT2D eigenvalue weighted by Crippen LogP contribution is 2.08. The molecule has 0 unspecified atom stereocenters. The van der Waals surface area contributed by atoms with Crippen LogP contribution in [0.2, 0.25) is 0 Å². The van der Waals surface area contributed by atoms with E-state index in [1.807, 2.05) is 0 Å². The molecule has 0 N–H and O–H groups in total. The van der Waals surface area contributed by atoms with Gasteiger partial charge in [-0.15, -0.1) is 0 Å². The minimum Gasteiger partial charge on any atom is -0.0885 e. The summed E-state index contributed by atoms with van der Waals surface area (Å²) in [5, 5.41) is 0. The molecule has 0 saturated carbocycles. The Bertz CT molecular complexity index is 379. The van der Waals surface area contributed by atoms with Gasteiger partial charge in [0.05, 0.1) is 0 Å². The SMILES string of the molecule is CC/C=C/C/C=C/C/C=C/C/C=C/C/C=C/CCCCCCCCC. The van der Waals surface area contributed by atoms with Crippen molar-refractivity contribution in [3.8, 4) is 0 Å². The molecular weight excluding hydrogens is 300 g/mol. The molecule has 0 atom stereocenters. The second kappa shape index (κ2) is 22.7. The summed E-state index contributed by atoms with van der Waals surface area (Å²) in [6.45, 7) is 4.45. The summed E-state index contributed by atoms with van der Waals surface area (Å²) >= 11 is 0. The van der Waals surface area contributed by atoms with Gasteiger partial charge in [-0.3, -0.25) is 0 Å². The van der Waals surface area contributed by atoms with E-state index in [0.717, 1.165) is 32.1 Å². The van der Waals surface area contributed by atoms with Gasteiger partial charge in [0.1, 0.15) is 0 Å². The van der Waals surface area contributed by atoms with Crippen LogP contribution >= 0.6 is 0 Å². The Morgan fingerprint density at radius 3 is 1.28 bits per heavy atom. The van der Waals surface area contributed by atoms with Gasteiger partial charge in [-0.2, -0.15) is 0 Å². The molecule has 0 aliphatic rings. The Hall–Kier alpha value is -1.30. The monoisotopic (exact) mass is 342 g/mol. The lowest BCUT2D eigenvalue weighted by Crippen LogP contribution is -1.78. The standard InChI is InChI=1S/C25H42/c1-3-5-7-9-11-13-15-17-19-21-23-25-24-22-20-18-16-14-12-10-8-6-4-2/h5,7,11,13,17,19-20,22-23,25H,3-4,6,8-10,12,14-16,18,21,24H2,1-2H3/b7-5+,13-11+,19-17+,22-20+,25-23+. The van der Waals surface area contributed by atoms with Gasteiger partial charge in [0.25, 0.3) is 0 Å². The van der Waals surface area contributed by atoms with Crippen LogP contribution in [0.25, 0.3) is 0 Å². The molecule has 0 spiro atoms. The first-order valence-electron chi connectivity index (χ1n) is 10.7. The zero-order chi connectivity index (χ0) is 18.3. The quantitative estimate of drug-likeness (QED) is 0.183. The Balaban J connectivity index is 3.36. The summed E-state index contributed by atoms with van der Waals surface area (Å²) in [6, 6.07) is 0. The molecule has 142 valence electrons. The van der Waals surface area contributed by atoms with Crippen molar-refractivity contribution >= 4 is 0 Å². The average molecular weight is 343 g/mol. The fourth-order valence-electron chi connectivity index (χ4n) is 2.59. The van der Waals surface area contributed by atoms with Crippen LogP contribution in [0.15, 0.2) is 60.8 Å². The van der Waals surface area contributed by atoms with Crippen LogP contribution in [-0.2, 0) is 0 Å². The maximum Gasteiger partial charge on any atom is -0.0169 e. The summed E-state index contributed by atoms with van der Waals surface area (Å²) in [6.07, 6.45) is 39.1. The molecule has 0 heteroatoms. The van der Waals surface area contributed by atoms with Crippen LogP contribution in [-0.4, -0.2) is 0 Å². The van der Waals surface area contributed by atoms with Crippen molar-refractivity contribution in [1.29, 1.82) is 0 Å². The molecule has 0 radical (unpaired) electrons. The van der Waals surface area contributed by atoms with Crippen LogP contribution in [0.3, 0.4) is 0 Å². The Labute approximate surface area is 158 Å². The van der Waals surface area contributed by atoms with Crippen molar-refractivity contribution in [1.82, 2.24) is 0 Å². The highest BCUT2D eigenvalue weighted by Gasteiger charge is 1.88. The van der Waals surface area contributed by atoms with E-state index in [1.165, 1.54) is 51.4 Å². The third-order valence-electron chi connectivity index (χ3n) is 4.13. The minimum absolute atomic E-state index is 1.05. The molecular formula is C25H42. The third-order valence-corrected chi connectivity index (χ3v) is 4.13. The largest absolute Gasteiger partial charge is 0.0885 e. The van der Waals surface area contributed by atoms with E-state index in [-0.39, 0.29) is 0 Å². The smallest absolute Gasteiger partial charge is 0.0169 e. The molecule has 0 fully saturated rings. The first-order valence-corrected chi connectivity index (χ1v) is 10.7. The lowest BCUT2D eigenvalue weighted by atomic mass is 10.1. The molecule has 0 aliphatic carbocycles. The first kappa shape index (κ1) is 23.7. The highest BCUT2D eigenvalue weighted by atomic mass is 13.9. The molecule has 0 bridgehead atoms. The van der Waals surface area contributed by atoms with E-state index in [1.54, 1.807) is 0 Å². The first-order chi connectivity index (χ1) is 12.4. The van der Waals surface area contributed by atoms with Gasteiger partial charge in [-0.05, 0) is 44.9 Å². The Morgan fingerprint density at radius 1 is 0.400 bits per heavy atom. The summed E-state index contributed by atoms with van der Waals surface area (Å²) in [5.41, 5.74) is 0. The Kier molecular flexibility index (Phi) is 21.5. The predicted octanol–water partition coefficient (Wildman–Crippen LogP) is 8.88. The lowest BCUT2D eigenvalue weighted by molar-refractivity contribution is 0.592. The second-order valence-corrected chi connectivity index (χ2v) is 6.62. The summed E-state index contributed by atoms with van der Waals surface area (Å²) < 4.78 is 0. The minimum atomic E-state index is 1.05. The number of rotatable bonds is 17. The molecule has 0 saturated heterocycles. The number of unbranched alkanes of at least 4 members (excludes halogenated alkanes) is 7. The Morgan fingerprint density at radius 2 is 0.800 bits per heavy atom. The van der Waals surface area contributed by atoms with E-state index in [0.29, 0.717) is 0 Å². The van der Waals surface area contributed by atoms with Crippen molar-refractivity contribution in [2.75, 3.05) is 0 Å². The van der Waals surface area contributed by atoms with E-state index in [9.17, 15) is 0 Å². The van der Waals surface area contributed by atoms with Crippen LogP contribution in [0, 0.1) is 0 Å². The van der Waals surface area contributed by atoms with Crippen molar-refractivity contribution in [3.05, 3.63) is 60.8 Å². The van der Waals surface area contributed by atoms with E-state index in [2.05, 4.69) is 74.6 Å². The van der Waals surface area contributed by atoms with Gasteiger partial charge >= 0.3 is 0 Å². The van der Waals surface area contributed by atoms with Gasteiger partial charge in [0, 0.05) is 0 Å². The molecule has 0 aromatic carbocycles. The summed E-state index contributed by atoms with van der Waals surface area (Å²) in [4.78, 5) is 0. The molecule has 25 heavy (non-hydrogen) atoms. The maximum atomic E-state index is 2.35. The van der Waals surface area contributed by atoms with Gasteiger partial charge in [0.15, 0.2) is 0 Å². The normalized spacial score (nSPS) is 12.9. The number of allylic oxidation sites excluding steroid dienone is 10. The lowest BCUT2D eigenvalue weighted by Gasteiger charge is -1.98. The van der Waals surface area contributed by atoms with Crippen LogP contribution in [0.4, 0.5) is 0 Å². The molecule has 0 aliphatic heterocycles. The zero-order valence-electron chi connectivity index (χ0n) is 17.0. The number of hydrogen-bond acceptors (Lipinski definition) is 0. The number of hydrogen-bond donors (Lipinski definition) is 0. The van der Waals surface area contributed by atoms with E-state index >= 15 is 0 Å². The molecule has 0 aromatic rings. The second-order valence-electron chi connectivity index (χ2n) is 6.62. The van der Waals surface area contributed by atoms with E-state index in [4.69, 9.17) is 0 Å². The van der Waals surface area contributed by atoms with Crippen LogP contribution < -0.4 is 0 Å². The topological polar surface area (TPSA) is 0 Å². The van der Waals surface area contributed by atoms with Crippen molar-refractivity contribution in [3.63, 3.8) is 0 Å². The fourth-order valence-corrected chi connectivity index (χ4v) is 2.59. The zero-order valence-corrected chi connectivity index (χ0v) is 17.0. The fraction of sp³-hybridized carbons (Fsp3) is 0.600. The van der Waals surface area contributed by atoms with Crippen LogP contribution in [0.1, 0.15) is 97.3 Å². The predicted molar refractivity (Wildman–Crippen MR) is 117 cm³/mol. The van der Waals surface area contributed by atoms with Crippen LogP contribution in [0.5, 0.6) is 0 Å².